The number of amides is 1. The van der Waals surface area contributed by atoms with Crippen LogP contribution < -0.4 is 5.32 Å². The lowest BCUT2D eigenvalue weighted by molar-refractivity contribution is -0.143. The van der Waals surface area contributed by atoms with Gasteiger partial charge >= 0.3 is 5.97 Å². The van der Waals surface area contributed by atoms with E-state index in [2.05, 4.69) is 10.4 Å². The summed E-state index contributed by atoms with van der Waals surface area (Å²) in [5.74, 6) is -0.181. The summed E-state index contributed by atoms with van der Waals surface area (Å²) in [7, 11) is 1.72. The summed E-state index contributed by atoms with van der Waals surface area (Å²) >= 11 is 1.54. The van der Waals surface area contributed by atoms with Crippen molar-refractivity contribution in [3.63, 3.8) is 0 Å². The molecule has 1 fully saturated rings. The molecule has 1 aliphatic heterocycles. The molecule has 1 aromatic heterocycles. The van der Waals surface area contributed by atoms with Crippen LogP contribution in [0.1, 0.15) is 22.5 Å². The Balaban J connectivity index is 2.20. The number of carbonyl (C=O) groups is 2. The van der Waals surface area contributed by atoms with Gasteiger partial charge in [-0.25, -0.2) is 4.79 Å². The zero-order valence-electron chi connectivity index (χ0n) is 10.3. The first-order valence-corrected chi connectivity index (χ1v) is 6.74. The minimum Gasteiger partial charge on any atom is -0.479 e. The van der Waals surface area contributed by atoms with Crippen LogP contribution in [0.3, 0.4) is 0 Å². The minimum absolute atomic E-state index is 0.370. The van der Waals surface area contributed by atoms with Crippen molar-refractivity contribution in [2.24, 2.45) is 7.05 Å². The van der Waals surface area contributed by atoms with Gasteiger partial charge in [0.05, 0.1) is 11.3 Å². The maximum absolute atomic E-state index is 12.1. The van der Waals surface area contributed by atoms with Gasteiger partial charge in [0.25, 0.3) is 5.91 Å². The molecule has 1 amide bonds. The predicted octanol–water partition coefficient (Wildman–Crippen LogP) is 0.419. The minimum atomic E-state index is -1.13. The molecule has 7 heteroatoms. The predicted molar refractivity (Wildman–Crippen MR) is 67.7 cm³/mol. The van der Waals surface area contributed by atoms with E-state index >= 15 is 0 Å². The quantitative estimate of drug-likeness (QED) is 0.830. The Bertz CT molecular complexity index is 492. The number of carbonyl (C=O) groups excluding carboxylic acids is 1. The molecule has 2 rings (SSSR count). The number of thioether (sulfide) groups is 1. The Morgan fingerprint density at radius 1 is 1.61 bits per heavy atom. The van der Waals surface area contributed by atoms with Crippen LogP contribution in [0.2, 0.25) is 0 Å². The molecular weight excluding hydrogens is 254 g/mol. The maximum Gasteiger partial charge on any atom is 0.330 e. The standard InChI is InChI=1S/C11H15N3O3S/c1-7-8(5-14(2)13-7)9(15)12-11(10(16)17)3-4-18-6-11/h5H,3-4,6H2,1-2H3,(H,12,15)(H,16,17). The van der Waals surface area contributed by atoms with Crippen molar-refractivity contribution in [1.29, 1.82) is 0 Å². The van der Waals surface area contributed by atoms with Gasteiger partial charge in [0.15, 0.2) is 0 Å². The van der Waals surface area contributed by atoms with Crippen molar-refractivity contribution in [2.75, 3.05) is 11.5 Å². The molecule has 2 heterocycles. The number of hydrogen-bond donors (Lipinski definition) is 2. The Morgan fingerprint density at radius 3 is 2.78 bits per heavy atom. The van der Waals surface area contributed by atoms with E-state index in [0.717, 1.165) is 5.75 Å². The second-order valence-corrected chi connectivity index (χ2v) is 5.55. The molecule has 1 aromatic rings. The molecule has 1 atom stereocenters. The van der Waals surface area contributed by atoms with Gasteiger partial charge in [0.2, 0.25) is 0 Å². The number of aliphatic carboxylic acids is 1. The van der Waals surface area contributed by atoms with E-state index in [9.17, 15) is 14.7 Å². The molecule has 0 aromatic carbocycles. The van der Waals surface area contributed by atoms with Crippen LogP contribution >= 0.6 is 11.8 Å². The van der Waals surface area contributed by atoms with Crippen molar-refractivity contribution < 1.29 is 14.7 Å². The maximum atomic E-state index is 12.1. The number of carboxylic acid groups (broad SMARTS) is 1. The van der Waals surface area contributed by atoms with E-state index in [1.807, 2.05) is 0 Å². The lowest BCUT2D eigenvalue weighted by Crippen LogP contribution is -2.54. The second-order valence-electron chi connectivity index (χ2n) is 4.45. The first-order valence-electron chi connectivity index (χ1n) is 5.58. The monoisotopic (exact) mass is 269 g/mol. The summed E-state index contributed by atoms with van der Waals surface area (Å²) in [5.41, 5.74) is -0.111. The van der Waals surface area contributed by atoms with Gasteiger partial charge < -0.3 is 10.4 Å². The van der Waals surface area contributed by atoms with Crippen molar-refractivity contribution in [3.05, 3.63) is 17.5 Å². The van der Waals surface area contributed by atoms with Gasteiger partial charge in [0, 0.05) is 19.0 Å². The normalized spacial score (nSPS) is 23.0. The number of nitrogens with one attached hydrogen (secondary N) is 1. The third kappa shape index (κ3) is 2.22. The molecule has 0 saturated carbocycles. The molecule has 0 spiro atoms. The molecule has 6 nitrogen and oxygen atoms in total. The highest BCUT2D eigenvalue weighted by molar-refractivity contribution is 7.99. The van der Waals surface area contributed by atoms with Gasteiger partial charge in [-0.2, -0.15) is 16.9 Å². The van der Waals surface area contributed by atoms with Crippen molar-refractivity contribution in [2.45, 2.75) is 18.9 Å². The largest absolute Gasteiger partial charge is 0.479 e. The zero-order chi connectivity index (χ0) is 13.3. The average Bonchev–Trinajstić information content (AvgIpc) is 2.86. The van der Waals surface area contributed by atoms with Gasteiger partial charge in [-0.15, -0.1) is 0 Å². The van der Waals surface area contributed by atoms with Crippen LogP contribution in [-0.2, 0) is 11.8 Å². The molecule has 1 aliphatic rings. The SMILES string of the molecule is Cc1nn(C)cc1C(=O)NC1(C(=O)O)CCSC1. The summed E-state index contributed by atoms with van der Waals surface area (Å²) < 4.78 is 1.54. The Kier molecular flexibility index (Phi) is 3.34. The number of aromatic nitrogens is 2. The Labute approximate surface area is 109 Å². The molecule has 0 aliphatic carbocycles. The van der Waals surface area contributed by atoms with Crippen LogP contribution in [-0.4, -0.2) is 43.8 Å². The number of rotatable bonds is 3. The van der Waals surface area contributed by atoms with E-state index in [-0.39, 0.29) is 5.91 Å². The summed E-state index contributed by atoms with van der Waals surface area (Å²) in [6, 6.07) is 0. The fourth-order valence-corrected chi connectivity index (χ4v) is 3.32. The third-order valence-electron chi connectivity index (χ3n) is 3.04. The number of hydrogen-bond acceptors (Lipinski definition) is 4. The Hall–Kier alpha value is -1.50. The first-order chi connectivity index (χ1) is 8.44. The lowest BCUT2D eigenvalue weighted by atomic mass is 9.98. The fourth-order valence-electron chi connectivity index (χ4n) is 1.99. The number of carboxylic acids is 1. The highest BCUT2D eigenvalue weighted by atomic mass is 32.2. The van der Waals surface area contributed by atoms with E-state index in [0.29, 0.717) is 23.4 Å². The fraction of sp³-hybridized carbons (Fsp3) is 0.545. The second kappa shape index (κ2) is 4.64. The van der Waals surface area contributed by atoms with E-state index in [1.165, 1.54) is 11.8 Å². The molecule has 98 valence electrons. The highest BCUT2D eigenvalue weighted by Crippen LogP contribution is 2.28. The molecule has 0 radical (unpaired) electrons. The van der Waals surface area contributed by atoms with Crippen molar-refractivity contribution in [1.82, 2.24) is 15.1 Å². The van der Waals surface area contributed by atoms with E-state index in [4.69, 9.17) is 0 Å². The molecule has 1 unspecified atom stereocenters. The zero-order valence-corrected chi connectivity index (χ0v) is 11.1. The Morgan fingerprint density at radius 2 is 2.33 bits per heavy atom. The van der Waals surface area contributed by atoms with Crippen LogP contribution in [0.4, 0.5) is 0 Å². The van der Waals surface area contributed by atoms with Crippen LogP contribution in [0.15, 0.2) is 6.20 Å². The van der Waals surface area contributed by atoms with E-state index in [1.54, 1.807) is 24.9 Å². The molecule has 18 heavy (non-hydrogen) atoms. The number of aryl methyl sites for hydroxylation is 2. The smallest absolute Gasteiger partial charge is 0.330 e. The topological polar surface area (TPSA) is 84.2 Å². The van der Waals surface area contributed by atoms with Gasteiger partial charge in [-0.1, -0.05) is 0 Å². The van der Waals surface area contributed by atoms with Gasteiger partial charge in [0.1, 0.15) is 5.54 Å². The molecule has 2 N–H and O–H groups in total. The van der Waals surface area contributed by atoms with E-state index < -0.39 is 11.5 Å². The third-order valence-corrected chi connectivity index (χ3v) is 4.23. The summed E-state index contributed by atoms with van der Waals surface area (Å²) in [6.07, 6.45) is 2.06. The lowest BCUT2D eigenvalue weighted by Gasteiger charge is -2.24. The summed E-state index contributed by atoms with van der Waals surface area (Å²) in [6.45, 7) is 1.73. The average molecular weight is 269 g/mol. The van der Waals surface area contributed by atoms with Crippen molar-refractivity contribution in [3.8, 4) is 0 Å². The molecular formula is C11H15N3O3S. The molecule has 1 saturated heterocycles. The first kappa shape index (κ1) is 12.9. The number of nitrogens with zero attached hydrogens (tertiary/aromatic N) is 2. The molecule has 0 bridgehead atoms. The van der Waals surface area contributed by atoms with Crippen LogP contribution in [0, 0.1) is 6.92 Å². The highest BCUT2D eigenvalue weighted by Gasteiger charge is 2.43. The van der Waals surface area contributed by atoms with Gasteiger partial charge in [-0.05, 0) is 19.1 Å². The van der Waals surface area contributed by atoms with Crippen LogP contribution in [0.5, 0.6) is 0 Å². The van der Waals surface area contributed by atoms with Crippen molar-refractivity contribution >= 4 is 23.6 Å². The summed E-state index contributed by atoms with van der Waals surface area (Å²) in [4.78, 5) is 23.4. The van der Waals surface area contributed by atoms with Crippen LogP contribution in [0.25, 0.3) is 0 Å². The van der Waals surface area contributed by atoms with Gasteiger partial charge in [-0.3, -0.25) is 9.48 Å². The summed E-state index contributed by atoms with van der Waals surface area (Å²) in [5, 5.41) is 16.0.